The molecule has 0 bridgehead atoms. The Hall–Kier alpha value is -1.33. The molecule has 2 aromatic rings. The molecule has 0 aromatic carbocycles. The van der Waals surface area contributed by atoms with E-state index in [1.807, 2.05) is 13.0 Å². The molecule has 0 radical (unpaired) electrons. The molecule has 17 heavy (non-hydrogen) atoms. The molecule has 2 heterocycles. The van der Waals surface area contributed by atoms with Crippen LogP contribution in [0.4, 0.5) is 0 Å². The van der Waals surface area contributed by atoms with E-state index in [4.69, 9.17) is 0 Å². The third-order valence-corrected chi connectivity index (χ3v) is 3.39. The maximum Gasteiger partial charge on any atom is 0.125 e. The van der Waals surface area contributed by atoms with Gasteiger partial charge in [-0.1, -0.05) is 6.92 Å². The quantitative estimate of drug-likeness (QED) is 0.880. The lowest BCUT2D eigenvalue weighted by atomic mass is 10.4. The summed E-state index contributed by atoms with van der Waals surface area (Å²) in [4.78, 5) is 12.9. The molecule has 0 spiro atoms. The monoisotopic (exact) mass is 248 g/mol. The minimum atomic E-state index is 0.752. The van der Waals surface area contributed by atoms with Crippen LogP contribution >= 0.6 is 11.3 Å². The fraction of sp³-hybridized carbons (Fsp3) is 0.417. The summed E-state index contributed by atoms with van der Waals surface area (Å²) in [7, 11) is 0. The first kappa shape index (κ1) is 12.1. The summed E-state index contributed by atoms with van der Waals surface area (Å²) in [5, 5.41) is 6.64. The van der Waals surface area contributed by atoms with Crippen LogP contribution < -0.4 is 5.32 Å². The molecule has 0 saturated carbocycles. The van der Waals surface area contributed by atoms with E-state index in [1.54, 1.807) is 17.5 Å². The summed E-state index contributed by atoms with van der Waals surface area (Å²) in [6.45, 7) is 5.57. The van der Waals surface area contributed by atoms with Gasteiger partial charge < -0.3 is 5.32 Å². The lowest BCUT2D eigenvalue weighted by Gasteiger charge is -2.02. The molecule has 0 fully saturated rings. The Labute approximate surface area is 105 Å². The number of aromatic nitrogens is 3. The number of nitrogens with one attached hydrogen (secondary N) is 1. The largest absolute Gasteiger partial charge is 0.305 e. The standard InChI is InChI=1S/C12H16N4S/c1-3-12-16-11(8-17-12)7-13-6-10-4-5-14-9(2)15-10/h4-5,8,13H,3,6-7H2,1-2H3. The number of rotatable bonds is 5. The van der Waals surface area contributed by atoms with Gasteiger partial charge in [-0.3, -0.25) is 0 Å². The molecule has 0 amide bonds. The van der Waals surface area contributed by atoms with Crippen LogP contribution in [0.1, 0.15) is 29.1 Å². The molecular weight excluding hydrogens is 232 g/mol. The summed E-state index contributed by atoms with van der Waals surface area (Å²) < 4.78 is 0. The lowest BCUT2D eigenvalue weighted by Crippen LogP contribution is -2.14. The molecule has 0 aliphatic carbocycles. The van der Waals surface area contributed by atoms with Crippen LogP contribution in [0, 0.1) is 6.92 Å². The molecule has 90 valence electrons. The number of hydrogen-bond donors (Lipinski definition) is 1. The van der Waals surface area contributed by atoms with Gasteiger partial charge in [-0.15, -0.1) is 11.3 Å². The first-order valence-electron chi connectivity index (χ1n) is 5.70. The van der Waals surface area contributed by atoms with E-state index < -0.39 is 0 Å². The highest BCUT2D eigenvalue weighted by atomic mass is 32.1. The molecular formula is C12H16N4S. The van der Waals surface area contributed by atoms with Gasteiger partial charge in [0, 0.05) is 24.7 Å². The molecule has 5 heteroatoms. The van der Waals surface area contributed by atoms with E-state index in [-0.39, 0.29) is 0 Å². The molecule has 0 aliphatic heterocycles. The Bertz CT molecular complexity index is 481. The maximum absolute atomic E-state index is 4.50. The first-order chi connectivity index (χ1) is 8.28. The maximum atomic E-state index is 4.50. The van der Waals surface area contributed by atoms with Crippen molar-refractivity contribution in [3.8, 4) is 0 Å². The smallest absolute Gasteiger partial charge is 0.125 e. The third-order valence-electron chi connectivity index (χ3n) is 2.35. The zero-order chi connectivity index (χ0) is 12.1. The summed E-state index contributed by atoms with van der Waals surface area (Å²) in [5.41, 5.74) is 2.13. The molecule has 0 saturated heterocycles. The Kier molecular flexibility index (Phi) is 4.17. The van der Waals surface area contributed by atoms with Gasteiger partial charge in [-0.05, 0) is 19.4 Å². The second-order valence-corrected chi connectivity index (χ2v) is 4.73. The van der Waals surface area contributed by atoms with E-state index >= 15 is 0 Å². The van der Waals surface area contributed by atoms with Crippen molar-refractivity contribution in [2.75, 3.05) is 0 Å². The zero-order valence-corrected chi connectivity index (χ0v) is 10.9. The minimum absolute atomic E-state index is 0.752. The topological polar surface area (TPSA) is 50.7 Å². The van der Waals surface area contributed by atoms with Crippen LogP contribution in [0.5, 0.6) is 0 Å². The van der Waals surface area contributed by atoms with Gasteiger partial charge in [0.15, 0.2) is 0 Å². The number of nitrogens with zero attached hydrogens (tertiary/aromatic N) is 3. The van der Waals surface area contributed by atoms with Crippen LogP contribution in [-0.4, -0.2) is 15.0 Å². The Balaban J connectivity index is 1.83. The summed E-state index contributed by atoms with van der Waals surface area (Å²) in [5.74, 6) is 0.811. The van der Waals surface area contributed by atoms with Gasteiger partial charge in [-0.25, -0.2) is 15.0 Å². The molecule has 1 N–H and O–H groups in total. The predicted molar refractivity (Wildman–Crippen MR) is 68.8 cm³/mol. The average molecular weight is 248 g/mol. The highest BCUT2D eigenvalue weighted by Crippen LogP contribution is 2.09. The second-order valence-electron chi connectivity index (χ2n) is 3.78. The lowest BCUT2D eigenvalue weighted by molar-refractivity contribution is 0.664. The molecule has 2 aromatic heterocycles. The van der Waals surface area contributed by atoms with E-state index in [0.29, 0.717) is 0 Å². The summed E-state index contributed by atoms with van der Waals surface area (Å²) in [6.07, 6.45) is 2.80. The van der Waals surface area contributed by atoms with Crippen LogP contribution in [-0.2, 0) is 19.5 Å². The van der Waals surface area contributed by atoms with Crippen LogP contribution in [0.15, 0.2) is 17.6 Å². The average Bonchev–Trinajstić information content (AvgIpc) is 2.77. The van der Waals surface area contributed by atoms with Crippen LogP contribution in [0.3, 0.4) is 0 Å². The zero-order valence-electron chi connectivity index (χ0n) is 10.1. The second kappa shape index (κ2) is 5.84. The molecule has 4 nitrogen and oxygen atoms in total. The van der Waals surface area contributed by atoms with E-state index in [0.717, 1.165) is 36.7 Å². The number of thiazole rings is 1. The Morgan fingerprint density at radius 2 is 2.06 bits per heavy atom. The van der Waals surface area contributed by atoms with Crippen molar-refractivity contribution in [3.05, 3.63) is 39.9 Å². The summed E-state index contributed by atoms with van der Waals surface area (Å²) in [6, 6.07) is 1.93. The molecule has 2 rings (SSSR count). The van der Waals surface area contributed by atoms with Crippen molar-refractivity contribution in [2.24, 2.45) is 0 Å². The van der Waals surface area contributed by atoms with Gasteiger partial charge in [0.2, 0.25) is 0 Å². The predicted octanol–water partition coefficient (Wildman–Crippen LogP) is 2.09. The van der Waals surface area contributed by atoms with E-state index in [2.05, 4.69) is 32.6 Å². The normalized spacial score (nSPS) is 10.7. The first-order valence-corrected chi connectivity index (χ1v) is 6.58. The van der Waals surface area contributed by atoms with Gasteiger partial charge in [0.25, 0.3) is 0 Å². The van der Waals surface area contributed by atoms with Gasteiger partial charge in [0.05, 0.1) is 16.4 Å². The highest BCUT2D eigenvalue weighted by molar-refractivity contribution is 7.09. The van der Waals surface area contributed by atoms with Gasteiger partial charge in [-0.2, -0.15) is 0 Å². The van der Waals surface area contributed by atoms with E-state index in [1.165, 1.54) is 5.01 Å². The number of aryl methyl sites for hydroxylation is 2. The molecule has 0 aliphatic rings. The van der Waals surface area contributed by atoms with Crippen molar-refractivity contribution in [2.45, 2.75) is 33.4 Å². The highest BCUT2D eigenvalue weighted by Gasteiger charge is 2.00. The SMILES string of the molecule is CCc1nc(CNCc2ccnc(C)n2)cs1. The third kappa shape index (κ3) is 3.57. The fourth-order valence-electron chi connectivity index (χ4n) is 1.51. The number of hydrogen-bond acceptors (Lipinski definition) is 5. The van der Waals surface area contributed by atoms with Crippen molar-refractivity contribution in [3.63, 3.8) is 0 Å². The van der Waals surface area contributed by atoms with Crippen molar-refractivity contribution in [1.29, 1.82) is 0 Å². The summed E-state index contributed by atoms with van der Waals surface area (Å²) >= 11 is 1.72. The van der Waals surface area contributed by atoms with Gasteiger partial charge >= 0.3 is 0 Å². The molecule has 0 atom stereocenters. The molecule has 0 unspecified atom stereocenters. The minimum Gasteiger partial charge on any atom is -0.305 e. The van der Waals surface area contributed by atoms with Gasteiger partial charge in [0.1, 0.15) is 5.82 Å². The van der Waals surface area contributed by atoms with Crippen molar-refractivity contribution >= 4 is 11.3 Å². The Morgan fingerprint density at radius 1 is 1.24 bits per heavy atom. The van der Waals surface area contributed by atoms with Crippen molar-refractivity contribution < 1.29 is 0 Å². The van der Waals surface area contributed by atoms with E-state index in [9.17, 15) is 0 Å². The van der Waals surface area contributed by atoms with Crippen molar-refractivity contribution in [1.82, 2.24) is 20.3 Å². The Morgan fingerprint density at radius 3 is 2.76 bits per heavy atom. The fourth-order valence-corrected chi connectivity index (χ4v) is 2.26. The van der Waals surface area contributed by atoms with Crippen LogP contribution in [0.2, 0.25) is 0 Å². The van der Waals surface area contributed by atoms with Crippen LogP contribution in [0.25, 0.3) is 0 Å².